The molecule has 0 aliphatic carbocycles. The van der Waals surface area contributed by atoms with Gasteiger partial charge in [-0.3, -0.25) is 0 Å². The third-order valence-corrected chi connectivity index (χ3v) is 4.78. The van der Waals surface area contributed by atoms with E-state index >= 15 is 0 Å². The van der Waals surface area contributed by atoms with Gasteiger partial charge in [0.15, 0.2) is 0 Å². The topological polar surface area (TPSA) is 55.4 Å². The molecule has 6 heteroatoms. The molecule has 0 heterocycles. The average molecular weight is 398 g/mol. The molecule has 0 aliphatic rings. The van der Waals surface area contributed by atoms with Gasteiger partial charge in [0, 0.05) is 19.3 Å². The molecule has 0 spiro atoms. The quantitative estimate of drug-likeness (QED) is 0.695. The second-order valence-electron chi connectivity index (χ2n) is 5.35. The predicted molar refractivity (Wildman–Crippen MR) is 96.3 cm³/mol. The predicted octanol–water partition coefficient (Wildman–Crippen LogP) is 3.16. The first kappa shape index (κ1) is 18.0. The number of benzene rings is 2. The molecule has 0 radical (unpaired) electrons. The minimum absolute atomic E-state index is 0.145. The van der Waals surface area contributed by atoms with Gasteiger partial charge in [0.1, 0.15) is 22.2 Å². The van der Waals surface area contributed by atoms with Crippen LogP contribution in [0, 0.1) is 0 Å². The van der Waals surface area contributed by atoms with E-state index in [4.69, 9.17) is 4.74 Å². The van der Waals surface area contributed by atoms with E-state index in [1.54, 1.807) is 0 Å². The van der Waals surface area contributed by atoms with Crippen LogP contribution in [0.2, 0.25) is 0 Å². The zero-order chi connectivity index (χ0) is 16.7. The lowest BCUT2D eigenvalue weighted by molar-refractivity contribution is 0.304. The highest BCUT2D eigenvalue weighted by Gasteiger charge is 2.05. The number of ether oxygens (including phenoxy) is 1. The van der Waals surface area contributed by atoms with Gasteiger partial charge in [-0.05, 0) is 39.2 Å². The van der Waals surface area contributed by atoms with E-state index in [9.17, 15) is 8.42 Å². The zero-order valence-electron chi connectivity index (χ0n) is 13.0. The molecule has 2 rings (SSSR count). The van der Waals surface area contributed by atoms with Crippen molar-refractivity contribution >= 4 is 25.8 Å². The van der Waals surface area contributed by atoms with E-state index in [1.165, 1.54) is 6.26 Å². The Morgan fingerprint density at radius 2 is 1.83 bits per heavy atom. The average Bonchev–Trinajstić information content (AvgIpc) is 2.51. The molecule has 0 aromatic heterocycles. The molecule has 0 atom stereocenters. The van der Waals surface area contributed by atoms with Crippen LogP contribution >= 0.6 is 15.9 Å². The third-order valence-electron chi connectivity index (χ3n) is 3.21. The summed E-state index contributed by atoms with van der Waals surface area (Å²) in [5.74, 6) is 0.931. The van der Waals surface area contributed by atoms with Gasteiger partial charge in [0.2, 0.25) is 0 Å². The van der Waals surface area contributed by atoms with Crippen LogP contribution in [-0.4, -0.2) is 27.0 Å². The monoisotopic (exact) mass is 397 g/mol. The molecule has 2 aromatic carbocycles. The summed E-state index contributed by atoms with van der Waals surface area (Å²) < 4.78 is 28.8. The summed E-state index contributed by atoms with van der Waals surface area (Å²) in [5.41, 5.74) is 2.18. The maximum absolute atomic E-state index is 11.1. The first-order valence-electron chi connectivity index (χ1n) is 7.27. The fourth-order valence-electron chi connectivity index (χ4n) is 2.00. The van der Waals surface area contributed by atoms with Gasteiger partial charge in [0.25, 0.3) is 0 Å². The number of sulfone groups is 1. The van der Waals surface area contributed by atoms with Crippen LogP contribution in [0.4, 0.5) is 0 Å². The van der Waals surface area contributed by atoms with Crippen LogP contribution in [0.5, 0.6) is 5.75 Å². The van der Waals surface area contributed by atoms with Crippen LogP contribution < -0.4 is 10.1 Å². The maximum atomic E-state index is 11.1. The van der Waals surface area contributed by atoms with E-state index in [2.05, 4.69) is 21.2 Å². The van der Waals surface area contributed by atoms with Crippen LogP contribution in [0.25, 0.3) is 0 Å². The Bertz CT molecular complexity index is 733. The van der Waals surface area contributed by atoms with Crippen molar-refractivity contribution in [2.24, 2.45) is 0 Å². The summed E-state index contributed by atoms with van der Waals surface area (Å²) in [7, 11) is -2.92. The highest BCUT2D eigenvalue weighted by molar-refractivity contribution is 9.10. The van der Waals surface area contributed by atoms with Crippen molar-refractivity contribution in [3.63, 3.8) is 0 Å². The summed E-state index contributed by atoms with van der Waals surface area (Å²) >= 11 is 3.51. The van der Waals surface area contributed by atoms with Crippen molar-refractivity contribution in [3.8, 4) is 5.75 Å². The smallest absolute Gasteiger partial charge is 0.148 e. The molecule has 23 heavy (non-hydrogen) atoms. The SMILES string of the molecule is CS(=O)(=O)CCNCc1ccc(OCc2ccccc2)c(Br)c1. The molecule has 1 N–H and O–H groups in total. The molecular weight excluding hydrogens is 378 g/mol. The van der Waals surface area contributed by atoms with E-state index in [0.717, 1.165) is 21.3 Å². The fourth-order valence-corrected chi connectivity index (χ4v) is 3.05. The minimum atomic E-state index is -2.92. The first-order chi connectivity index (χ1) is 10.9. The number of hydrogen-bond acceptors (Lipinski definition) is 4. The lowest BCUT2D eigenvalue weighted by Gasteiger charge is -2.10. The summed E-state index contributed by atoms with van der Waals surface area (Å²) in [6, 6.07) is 15.9. The van der Waals surface area contributed by atoms with E-state index in [-0.39, 0.29) is 5.75 Å². The van der Waals surface area contributed by atoms with Crippen molar-refractivity contribution in [3.05, 3.63) is 64.1 Å². The van der Waals surface area contributed by atoms with Crippen molar-refractivity contribution in [1.82, 2.24) is 5.32 Å². The molecule has 0 saturated heterocycles. The lowest BCUT2D eigenvalue weighted by atomic mass is 10.2. The summed E-state index contributed by atoms with van der Waals surface area (Å²) in [6.45, 7) is 1.58. The normalized spacial score (nSPS) is 11.4. The molecule has 0 fully saturated rings. The number of rotatable bonds is 8. The molecule has 0 saturated carbocycles. The van der Waals surface area contributed by atoms with Crippen LogP contribution in [0.3, 0.4) is 0 Å². The Kier molecular flexibility index (Phi) is 6.62. The number of halogens is 1. The number of hydrogen-bond donors (Lipinski definition) is 1. The standard InChI is InChI=1S/C17H20BrNO3S/c1-23(20,21)10-9-19-12-15-7-8-17(16(18)11-15)22-13-14-5-3-2-4-6-14/h2-8,11,19H,9-10,12-13H2,1H3. The van der Waals surface area contributed by atoms with Gasteiger partial charge in [-0.15, -0.1) is 0 Å². The highest BCUT2D eigenvalue weighted by Crippen LogP contribution is 2.26. The lowest BCUT2D eigenvalue weighted by Crippen LogP contribution is -2.21. The van der Waals surface area contributed by atoms with Crippen molar-refractivity contribution in [2.75, 3.05) is 18.6 Å². The molecule has 0 bridgehead atoms. The Morgan fingerprint density at radius 3 is 2.48 bits per heavy atom. The maximum Gasteiger partial charge on any atom is 0.148 e. The van der Waals surface area contributed by atoms with E-state index in [0.29, 0.717) is 19.7 Å². The molecule has 2 aromatic rings. The minimum Gasteiger partial charge on any atom is -0.488 e. The number of nitrogens with one attached hydrogen (secondary N) is 1. The van der Waals surface area contributed by atoms with Crippen molar-refractivity contribution in [2.45, 2.75) is 13.2 Å². The molecule has 4 nitrogen and oxygen atoms in total. The third kappa shape index (κ3) is 6.72. The van der Waals surface area contributed by atoms with Crippen LogP contribution in [-0.2, 0) is 23.0 Å². The van der Waals surface area contributed by atoms with Crippen molar-refractivity contribution < 1.29 is 13.2 Å². The van der Waals surface area contributed by atoms with Crippen molar-refractivity contribution in [1.29, 1.82) is 0 Å². The summed E-state index contributed by atoms with van der Waals surface area (Å²) in [6.07, 6.45) is 1.24. The Hall–Kier alpha value is -1.37. The Balaban J connectivity index is 1.85. The van der Waals surface area contributed by atoms with Gasteiger partial charge in [-0.2, -0.15) is 0 Å². The van der Waals surface area contributed by atoms with Gasteiger partial charge in [-0.25, -0.2) is 8.42 Å². The Labute approximate surface area is 145 Å². The van der Waals surface area contributed by atoms with Crippen LogP contribution in [0.1, 0.15) is 11.1 Å². The molecular formula is C17H20BrNO3S. The Morgan fingerprint density at radius 1 is 1.09 bits per heavy atom. The molecule has 124 valence electrons. The second kappa shape index (κ2) is 8.47. The van der Waals surface area contributed by atoms with E-state index in [1.807, 2.05) is 48.5 Å². The fraction of sp³-hybridized carbons (Fsp3) is 0.294. The largest absolute Gasteiger partial charge is 0.488 e. The van der Waals surface area contributed by atoms with Gasteiger partial charge < -0.3 is 10.1 Å². The summed E-state index contributed by atoms with van der Waals surface area (Å²) in [4.78, 5) is 0. The molecule has 0 unspecified atom stereocenters. The molecule has 0 aliphatic heterocycles. The molecule has 0 amide bonds. The highest BCUT2D eigenvalue weighted by atomic mass is 79.9. The van der Waals surface area contributed by atoms with Gasteiger partial charge in [-0.1, -0.05) is 36.4 Å². The van der Waals surface area contributed by atoms with Gasteiger partial charge >= 0.3 is 0 Å². The van der Waals surface area contributed by atoms with E-state index < -0.39 is 9.84 Å². The summed E-state index contributed by atoms with van der Waals surface area (Å²) in [5, 5.41) is 3.12. The second-order valence-corrected chi connectivity index (χ2v) is 8.46. The first-order valence-corrected chi connectivity index (χ1v) is 10.1. The van der Waals surface area contributed by atoms with Gasteiger partial charge in [0.05, 0.1) is 10.2 Å². The van der Waals surface area contributed by atoms with Crippen LogP contribution in [0.15, 0.2) is 53.0 Å². The zero-order valence-corrected chi connectivity index (χ0v) is 15.4.